The first-order valence-electron chi connectivity index (χ1n) is 9.87. The highest BCUT2D eigenvalue weighted by Crippen LogP contribution is 2.53. The van der Waals surface area contributed by atoms with Gasteiger partial charge in [-0.05, 0) is 24.2 Å². The Labute approximate surface area is 212 Å². The third-order valence-corrected chi connectivity index (χ3v) is 6.13. The number of hydrogen-bond donors (Lipinski definition) is 1. The van der Waals surface area contributed by atoms with Gasteiger partial charge in [0.25, 0.3) is 0 Å². The average Bonchev–Trinajstić information content (AvgIpc) is 3.11. The molecule has 20 heteroatoms. The fraction of sp³-hybridized carbons (Fsp3) is 0.474. The number of rotatable bonds is 9. The SMILES string of the molecule is CC(=O)Nc1cc(OCC(F)(F)C(F)(F)C(F)(F)C(F)(F)F)nn1-c1cc([S+]([O-])CC(F)(F)F)c(C)cc1F. The number of aromatic nitrogens is 2. The second kappa shape index (κ2) is 10.6. The number of benzene rings is 1. The average molecular weight is 611 g/mol. The van der Waals surface area contributed by atoms with Gasteiger partial charge in [-0.3, -0.25) is 4.79 Å². The van der Waals surface area contributed by atoms with Crippen molar-refractivity contribution < 1.29 is 71.2 Å². The minimum atomic E-state index is -7.19. The Bertz CT molecular complexity index is 1210. The van der Waals surface area contributed by atoms with E-state index in [1.807, 2.05) is 5.32 Å². The summed E-state index contributed by atoms with van der Waals surface area (Å²) in [5.74, 6) is -26.5. The summed E-state index contributed by atoms with van der Waals surface area (Å²) in [6.45, 7) is -0.887. The molecule has 220 valence electrons. The van der Waals surface area contributed by atoms with Crippen LogP contribution in [0.15, 0.2) is 23.1 Å². The number of amides is 1. The van der Waals surface area contributed by atoms with Gasteiger partial charge in [0.15, 0.2) is 11.5 Å². The van der Waals surface area contributed by atoms with Crippen LogP contribution in [-0.4, -0.2) is 62.7 Å². The molecular formula is C19H14F13N3O3S. The van der Waals surface area contributed by atoms with E-state index in [9.17, 15) is 66.4 Å². The second-order valence-corrected chi connectivity index (χ2v) is 9.19. The maximum atomic E-state index is 14.7. The smallest absolute Gasteiger partial charge is 0.460 e. The third kappa shape index (κ3) is 6.82. The van der Waals surface area contributed by atoms with Gasteiger partial charge in [0.1, 0.15) is 17.3 Å². The van der Waals surface area contributed by atoms with Crippen molar-refractivity contribution in [3.8, 4) is 11.6 Å². The Morgan fingerprint density at radius 1 is 1.00 bits per heavy atom. The number of anilines is 1. The van der Waals surface area contributed by atoms with Crippen molar-refractivity contribution in [1.29, 1.82) is 0 Å². The van der Waals surface area contributed by atoms with Crippen molar-refractivity contribution in [2.75, 3.05) is 17.7 Å². The van der Waals surface area contributed by atoms with E-state index in [1.165, 1.54) is 0 Å². The van der Waals surface area contributed by atoms with Crippen LogP contribution in [-0.2, 0) is 16.0 Å². The Morgan fingerprint density at radius 2 is 1.56 bits per heavy atom. The maximum absolute atomic E-state index is 14.7. The first-order valence-corrected chi connectivity index (χ1v) is 11.2. The molecule has 0 bridgehead atoms. The summed E-state index contributed by atoms with van der Waals surface area (Å²) < 4.78 is 187. The molecule has 1 aromatic carbocycles. The highest BCUT2D eigenvalue weighted by atomic mass is 32.2. The summed E-state index contributed by atoms with van der Waals surface area (Å²) in [5, 5.41) is 5.27. The van der Waals surface area contributed by atoms with Gasteiger partial charge >= 0.3 is 30.1 Å². The molecule has 39 heavy (non-hydrogen) atoms. The number of aryl methyl sites for hydroxylation is 1. The van der Waals surface area contributed by atoms with Crippen molar-refractivity contribution >= 4 is 22.9 Å². The number of carbonyl (C=O) groups excluding carboxylic acids is 1. The maximum Gasteiger partial charge on any atom is 0.460 e. The fourth-order valence-corrected chi connectivity index (χ4v) is 3.94. The van der Waals surface area contributed by atoms with Gasteiger partial charge in [0.2, 0.25) is 17.5 Å². The van der Waals surface area contributed by atoms with Gasteiger partial charge < -0.3 is 14.6 Å². The monoisotopic (exact) mass is 611 g/mol. The largest absolute Gasteiger partial charge is 0.611 e. The molecule has 0 aliphatic carbocycles. The molecule has 1 atom stereocenters. The van der Waals surface area contributed by atoms with Crippen molar-refractivity contribution in [3.63, 3.8) is 0 Å². The van der Waals surface area contributed by atoms with E-state index in [0.29, 0.717) is 18.2 Å². The minimum absolute atomic E-state index is 0.240. The Balaban J connectivity index is 2.50. The number of nitrogens with one attached hydrogen (secondary N) is 1. The van der Waals surface area contributed by atoms with Crippen LogP contribution in [0.4, 0.5) is 62.9 Å². The van der Waals surface area contributed by atoms with Crippen LogP contribution in [0.3, 0.4) is 0 Å². The fourth-order valence-electron chi connectivity index (χ4n) is 2.82. The van der Waals surface area contributed by atoms with E-state index in [4.69, 9.17) is 0 Å². The van der Waals surface area contributed by atoms with E-state index in [1.54, 1.807) is 0 Å². The van der Waals surface area contributed by atoms with Gasteiger partial charge in [-0.15, -0.1) is 5.10 Å². The standard InChI is InChI=1S/C19H14F13N3O3S/c1-8-3-10(20)11(4-12(8)39(37)7-16(23,24)25)35-13(33-9(2)36)5-14(34-35)38-6-15(21,22)17(26,27)18(28,29)19(30,31)32/h3-5H,6-7H2,1-2H3,(H,33,36). The summed E-state index contributed by atoms with van der Waals surface area (Å²) in [5.41, 5.74) is -1.11. The van der Waals surface area contributed by atoms with Gasteiger partial charge in [0, 0.05) is 24.6 Å². The molecule has 1 unspecified atom stereocenters. The van der Waals surface area contributed by atoms with Crippen LogP contribution in [0.2, 0.25) is 0 Å². The molecule has 2 rings (SSSR count). The molecule has 6 nitrogen and oxygen atoms in total. The third-order valence-electron chi connectivity index (χ3n) is 4.61. The Hall–Kier alpha value is -2.90. The van der Waals surface area contributed by atoms with Gasteiger partial charge in [-0.25, -0.2) is 9.07 Å². The number of hydrogen-bond acceptors (Lipinski definition) is 4. The molecule has 1 heterocycles. The summed E-state index contributed by atoms with van der Waals surface area (Å²) in [7, 11) is 0. The van der Waals surface area contributed by atoms with Crippen molar-refractivity contribution in [2.45, 2.75) is 48.9 Å². The lowest BCUT2D eigenvalue weighted by Crippen LogP contribution is -2.62. The molecule has 0 aliphatic heterocycles. The number of carbonyl (C=O) groups is 1. The van der Waals surface area contributed by atoms with Crippen molar-refractivity contribution in [2.24, 2.45) is 0 Å². The van der Waals surface area contributed by atoms with Crippen LogP contribution in [0.1, 0.15) is 12.5 Å². The molecule has 1 N–H and O–H groups in total. The molecule has 1 amide bonds. The topological polar surface area (TPSA) is 79.2 Å². The number of ether oxygens (including phenoxy) is 1. The van der Waals surface area contributed by atoms with E-state index in [0.717, 1.165) is 13.8 Å². The predicted molar refractivity (Wildman–Crippen MR) is 106 cm³/mol. The van der Waals surface area contributed by atoms with Gasteiger partial charge in [-0.2, -0.15) is 52.7 Å². The summed E-state index contributed by atoms with van der Waals surface area (Å²) in [6.07, 6.45) is -12.0. The zero-order valence-electron chi connectivity index (χ0n) is 19.1. The quantitative estimate of drug-likeness (QED) is 0.288. The van der Waals surface area contributed by atoms with E-state index in [-0.39, 0.29) is 10.2 Å². The second-order valence-electron chi connectivity index (χ2n) is 7.77. The minimum Gasteiger partial charge on any atom is -0.611 e. The van der Waals surface area contributed by atoms with E-state index in [2.05, 4.69) is 9.84 Å². The molecule has 0 saturated heterocycles. The number of alkyl halides is 12. The van der Waals surface area contributed by atoms with Crippen molar-refractivity contribution in [1.82, 2.24) is 9.78 Å². The summed E-state index contributed by atoms with van der Waals surface area (Å²) in [6, 6.07) is 1.59. The lowest BCUT2D eigenvalue weighted by molar-refractivity contribution is -0.398. The summed E-state index contributed by atoms with van der Waals surface area (Å²) in [4.78, 5) is 10.9. The van der Waals surface area contributed by atoms with E-state index < -0.39 is 87.7 Å². The first kappa shape index (κ1) is 32.3. The van der Waals surface area contributed by atoms with E-state index >= 15 is 0 Å². The molecule has 0 fully saturated rings. The normalized spacial score (nSPS) is 14.4. The molecular weight excluding hydrogens is 597 g/mol. The Morgan fingerprint density at radius 3 is 2.05 bits per heavy atom. The van der Waals surface area contributed by atoms with Crippen LogP contribution in [0.25, 0.3) is 5.69 Å². The highest BCUT2D eigenvalue weighted by Gasteiger charge is 2.81. The number of nitrogens with zero attached hydrogens (tertiary/aromatic N) is 2. The first-order chi connectivity index (χ1) is 17.4. The van der Waals surface area contributed by atoms with Crippen LogP contribution in [0.5, 0.6) is 5.88 Å². The Kier molecular flexibility index (Phi) is 8.77. The van der Waals surface area contributed by atoms with Gasteiger partial charge in [0.05, 0.1) is 0 Å². The molecule has 0 spiro atoms. The lowest BCUT2D eigenvalue weighted by atomic mass is 10.0. The molecule has 0 saturated carbocycles. The zero-order chi connectivity index (χ0) is 30.4. The van der Waals surface area contributed by atoms with Crippen LogP contribution >= 0.6 is 0 Å². The van der Waals surface area contributed by atoms with Crippen molar-refractivity contribution in [3.05, 3.63) is 29.6 Å². The number of halogens is 13. The summed E-state index contributed by atoms with van der Waals surface area (Å²) >= 11 is -2.81. The molecule has 0 radical (unpaired) electrons. The highest BCUT2D eigenvalue weighted by molar-refractivity contribution is 7.91. The molecule has 1 aromatic heterocycles. The molecule has 2 aromatic rings. The zero-order valence-corrected chi connectivity index (χ0v) is 19.9. The van der Waals surface area contributed by atoms with Crippen LogP contribution < -0.4 is 10.1 Å². The lowest BCUT2D eigenvalue weighted by Gasteiger charge is -2.33. The molecule has 0 aliphatic rings. The van der Waals surface area contributed by atoms with Gasteiger partial charge in [-0.1, -0.05) is 0 Å². The van der Waals surface area contributed by atoms with Crippen LogP contribution in [0, 0.1) is 12.7 Å². The predicted octanol–water partition coefficient (Wildman–Crippen LogP) is 5.80.